The molecular weight excluding hydrogens is 172 g/mol. The second kappa shape index (κ2) is 4.84. The van der Waals surface area contributed by atoms with E-state index in [1.54, 1.807) is 0 Å². The Morgan fingerprint density at radius 2 is 2.23 bits per heavy atom. The van der Waals surface area contributed by atoms with Crippen molar-refractivity contribution >= 4 is 12.4 Å². The largest absolute Gasteiger partial charge is 0.471 e. The molecule has 0 aromatic carbocycles. The Morgan fingerprint density at radius 1 is 1.54 bits per heavy atom. The van der Waals surface area contributed by atoms with Gasteiger partial charge in [0.15, 0.2) is 0 Å². The molecule has 0 amide bonds. The summed E-state index contributed by atoms with van der Waals surface area (Å²) < 4.78 is 8.91. The fourth-order valence-electron chi connectivity index (χ4n) is 1.73. The summed E-state index contributed by atoms with van der Waals surface area (Å²) in [4.78, 5) is 19.8. The van der Waals surface area contributed by atoms with Crippen LogP contribution >= 0.6 is 0 Å². The van der Waals surface area contributed by atoms with Gasteiger partial charge in [0.05, 0.1) is 13.0 Å². The average molecular weight is 186 g/mol. The van der Waals surface area contributed by atoms with Crippen molar-refractivity contribution in [1.29, 1.82) is 0 Å². The normalized spacial score (nSPS) is 29.8. The third-order valence-corrected chi connectivity index (χ3v) is 2.34. The molecule has 4 heteroatoms. The van der Waals surface area contributed by atoms with Crippen LogP contribution in [0.5, 0.6) is 0 Å². The molecule has 4 nitrogen and oxygen atoms in total. The molecule has 1 heterocycles. The third-order valence-electron chi connectivity index (χ3n) is 2.34. The average Bonchev–Trinajstić information content (AvgIpc) is 2.42. The van der Waals surface area contributed by atoms with E-state index >= 15 is 0 Å². The van der Waals surface area contributed by atoms with Crippen LogP contribution in [0.15, 0.2) is 0 Å². The molecule has 2 fully saturated rings. The van der Waals surface area contributed by atoms with Crippen molar-refractivity contribution in [3.8, 4) is 0 Å². The quantitative estimate of drug-likeness (QED) is 0.451. The van der Waals surface area contributed by atoms with E-state index < -0.39 is 0 Å². The van der Waals surface area contributed by atoms with Gasteiger partial charge in [0.2, 0.25) is 0 Å². The highest BCUT2D eigenvalue weighted by atomic mass is 16.6. The van der Waals surface area contributed by atoms with Crippen LogP contribution in [-0.4, -0.2) is 25.7 Å². The summed E-state index contributed by atoms with van der Waals surface area (Å²) in [6.07, 6.45) is 4.63. The van der Waals surface area contributed by atoms with Crippen LogP contribution < -0.4 is 0 Å². The predicted octanol–water partition coefficient (Wildman–Crippen LogP) is 0.891. The molecule has 2 bridgehead atoms. The van der Waals surface area contributed by atoms with Gasteiger partial charge in [-0.25, -0.2) is 0 Å². The van der Waals surface area contributed by atoms with Crippen molar-refractivity contribution < 1.29 is 19.1 Å². The smallest absolute Gasteiger partial charge is 0.309 e. The molecule has 0 radical (unpaired) electrons. The SMILES string of the molecule is COC=O.O=C1O[C@@H]2CCC[C@H]1C2. The van der Waals surface area contributed by atoms with Crippen LogP contribution in [0.2, 0.25) is 0 Å². The van der Waals surface area contributed by atoms with Gasteiger partial charge in [0.25, 0.3) is 6.47 Å². The van der Waals surface area contributed by atoms with E-state index in [4.69, 9.17) is 9.53 Å². The van der Waals surface area contributed by atoms with Gasteiger partial charge in [-0.05, 0) is 25.7 Å². The molecule has 1 aliphatic heterocycles. The van der Waals surface area contributed by atoms with E-state index in [2.05, 4.69) is 4.74 Å². The molecule has 2 atom stereocenters. The Labute approximate surface area is 77.2 Å². The van der Waals surface area contributed by atoms with Crippen molar-refractivity contribution in [1.82, 2.24) is 0 Å². The number of carbonyl (C=O) groups excluding carboxylic acids is 2. The fourth-order valence-corrected chi connectivity index (χ4v) is 1.73. The number of carbonyl (C=O) groups is 2. The summed E-state index contributed by atoms with van der Waals surface area (Å²) in [5.41, 5.74) is 0. The predicted molar refractivity (Wildman–Crippen MR) is 44.9 cm³/mol. The zero-order valence-corrected chi connectivity index (χ0v) is 7.69. The number of ether oxygens (including phenoxy) is 2. The minimum Gasteiger partial charge on any atom is -0.471 e. The first-order valence-corrected chi connectivity index (χ1v) is 4.45. The molecule has 0 spiro atoms. The van der Waals surface area contributed by atoms with E-state index in [1.165, 1.54) is 13.5 Å². The molecule has 13 heavy (non-hydrogen) atoms. The Kier molecular flexibility index (Phi) is 3.73. The van der Waals surface area contributed by atoms with E-state index in [0.29, 0.717) is 6.47 Å². The van der Waals surface area contributed by atoms with E-state index in [0.717, 1.165) is 19.3 Å². The van der Waals surface area contributed by atoms with Crippen molar-refractivity contribution in [2.45, 2.75) is 31.8 Å². The Hall–Kier alpha value is -1.06. The summed E-state index contributed by atoms with van der Waals surface area (Å²) in [6.45, 7) is 0.375. The van der Waals surface area contributed by atoms with Gasteiger partial charge in [-0.1, -0.05) is 0 Å². The molecule has 0 unspecified atom stereocenters. The zero-order chi connectivity index (χ0) is 9.68. The van der Waals surface area contributed by atoms with Gasteiger partial charge in [0.1, 0.15) is 6.10 Å². The summed E-state index contributed by atoms with van der Waals surface area (Å²) in [5.74, 6) is 0.321. The fraction of sp³-hybridized carbons (Fsp3) is 0.778. The van der Waals surface area contributed by atoms with E-state index in [9.17, 15) is 4.79 Å². The first kappa shape index (κ1) is 10.0. The Balaban J connectivity index is 0.000000184. The lowest BCUT2D eigenvalue weighted by molar-refractivity contribution is -0.143. The number of rotatable bonds is 1. The van der Waals surface area contributed by atoms with Crippen LogP contribution in [0.3, 0.4) is 0 Å². The molecule has 1 aliphatic carbocycles. The highest BCUT2D eigenvalue weighted by Crippen LogP contribution is 2.33. The first-order chi connectivity index (χ1) is 6.27. The second-order valence-corrected chi connectivity index (χ2v) is 3.25. The summed E-state index contributed by atoms with van der Waals surface area (Å²) in [5, 5.41) is 0. The third kappa shape index (κ3) is 2.72. The van der Waals surface area contributed by atoms with Crippen molar-refractivity contribution in [3.05, 3.63) is 0 Å². The number of esters is 1. The van der Waals surface area contributed by atoms with Crippen LogP contribution in [0.4, 0.5) is 0 Å². The van der Waals surface area contributed by atoms with Gasteiger partial charge < -0.3 is 9.47 Å². The lowest BCUT2D eigenvalue weighted by atomic mass is 9.90. The van der Waals surface area contributed by atoms with Gasteiger partial charge in [-0.3, -0.25) is 9.59 Å². The molecule has 74 valence electrons. The van der Waals surface area contributed by atoms with Gasteiger partial charge in [-0.15, -0.1) is 0 Å². The molecular formula is C9H14O4. The topological polar surface area (TPSA) is 52.6 Å². The molecule has 2 aliphatic rings. The molecule has 1 saturated heterocycles. The second-order valence-electron chi connectivity index (χ2n) is 3.25. The lowest BCUT2D eigenvalue weighted by Crippen LogP contribution is -2.10. The molecule has 2 rings (SSSR count). The standard InChI is InChI=1S/C7H10O2.C2H4O2/c8-7-5-2-1-3-6(4-5)9-7;1-4-2-3/h5-6H,1-4H2;2H,1H3/t5-,6+;/m0./s1. The maximum atomic E-state index is 10.8. The molecule has 0 aromatic rings. The van der Waals surface area contributed by atoms with E-state index in [1.807, 2.05) is 0 Å². The Bertz CT molecular complexity index is 190. The zero-order valence-electron chi connectivity index (χ0n) is 7.69. The highest BCUT2D eigenvalue weighted by molar-refractivity contribution is 5.74. The summed E-state index contributed by atoms with van der Waals surface area (Å²) in [7, 11) is 1.31. The van der Waals surface area contributed by atoms with Crippen LogP contribution in [0.1, 0.15) is 25.7 Å². The monoisotopic (exact) mass is 186 g/mol. The summed E-state index contributed by atoms with van der Waals surface area (Å²) in [6, 6.07) is 0. The minimum atomic E-state index is 0.0532. The lowest BCUT2D eigenvalue weighted by Gasteiger charge is -2.12. The highest BCUT2D eigenvalue weighted by Gasteiger charge is 2.37. The number of methoxy groups -OCH3 is 1. The van der Waals surface area contributed by atoms with Gasteiger partial charge >= 0.3 is 5.97 Å². The number of hydrogen-bond donors (Lipinski definition) is 0. The first-order valence-electron chi connectivity index (χ1n) is 4.45. The van der Waals surface area contributed by atoms with Gasteiger partial charge in [-0.2, -0.15) is 0 Å². The van der Waals surface area contributed by atoms with Crippen molar-refractivity contribution in [2.75, 3.05) is 7.11 Å². The van der Waals surface area contributed by atoms with Crippen molar-refractivity contribution in [3.63, 3.8) is 0 Å². The Morgan fingerprint density at radius 3 is 2.69 bits per heavy atom. The number of fused-ring (bicyclic) bond motifs is 2. The van der Waals surface area contributed by atoms with Crippen LogP contribution in [0.25, 0.3) is 0 Å². The molecule has 1 saturated carbocycles. The molecule has 0 N–H and O–H groups in total. The molecule has 0 aromatic heterocycles. The number of hydrogen-bond acceptors (Lipinski definition) is 4. The van der Waals surface area contributed by atoms with Gasteiger partial charge in [0, 0.05) is 0 Å². The van der Waals surface area contributed by atoms with Crippen molar-refractivity contribution in [2.24, 2.45) is 5.92 Å². The maximum Gasteiger partial charge on any atom is 0.309 e. The van der Waals surface area contributed by atoms with Crippen LogP contribution in [0, 0.1) is 5.92 Å². The van der Waals surface area contributed by atoms with Crippen LogP contribution in [-0.2, 0) is 19.1 Å². The maximum absolute atomic E-state index is 10.8. The minimum absolute atomic E-state index is 0.0532. The van der Waals surface area contributed by atoms with E-state index in [-0.39, 0.29) is 18.0 Å². The summed E-state index contributed by atoms with van der Waals surface area (Å²) >= 11 is 0.